The van der Waals surface area contributed by atoms with Crippen LogP contribution in [0.15, 0.2) is 46.9 Å². The molecule has 3 N–H and O–H groups in total. The fraction of sp³-hybridized carbons (Fsp3) is 0.235. The number of nitrogens with zero attached hydrogens (tertiary/aromatic N) is 3. The van der Waals surface area contributed by atoms with E-state index in [1.165, 1.54) is 16.4 Å². The van der Waals surface area contributed by atoms with Gasteiger partial charge >= 0.3 is 0 Å². The lowest BCUT2D eigenvalue weighted by molar-refractivity contribution is -0.119. The van der Waals surface area contributed by atoms with E-state index in [-0.39, 0.29) is 17.7 Å². The standard InChI is InChI=1S/C17H19N5OS2/c1-11-5-7-13(8-6-11)16-20-21-17(22(16)18)25-10-15(23)19-12(2)14-4-3-9-24-14/h3-9,12H,10,18H2,1-2H3,(H,19,23)/t12-/m1/s1. The summed E-state index contributed by atoms with van der Waals surface area (Å²) in [5, 5.41) is 13.7. The molecule has 2 heterocycles. The molecule has 0 saturated carbocycles. The molecule has 130 valence electrons. The number of carbonyl (C=O) groups excluding carboxylic acids is 1. The number of thiophene rings is 1. The van der Waals surface area contributed by atoms with Crippen molar-refractivity contribution in [2.45, 2.75) is 25.0 Å². The van der Waals surface area contributed by atoms with Crippen LogP contribution in [-0.2, 0) is 4.79 Å². The van der Waals surface area contributed by atoms with E-state index in [4.69, 9.17) is 5.84 Å². The van der Waals surface area contributed by atoms with E-state index in [0.29, 0.717) is 11.0 Å². The molecule has 0 aliphatic rings. The van der Waals surface area contributed by atoms with Crippen LogP contribution in [0.3, 0.4) is 0 Å². The van der Waals surface area contributed by atoms with Crippen LogP contribution in [-0.4, -0.2) is 26.5 Å². The molecule has 1 aromatic carbocycles. The number of rotatable bonds is 6. The Kier molecular flexibility index (Phi) is 5.40. The minimum Gasteiger partial charge on any atom is -0.348 e. The first kappa shape index (κ1) is 17.5. The van der Waals surface area contributed by atoms with E-state index >= 15 is 0 Å². The van der Waals surface area contributed by atoms with Crippen molar-refractivity contribution >= 4 is 29.0 Å². The van der Waals surface area contributed by atoms with Crippen molar-refractivity contribution in [3.8, 4) is 11.4 Å². The number of carbonyl (C=O) groups is 1. The third-order valence-corrected chi connectivity index (χ3v) is 5.65. The Morgan fingerprint density at radius 2 is 2.08 bits per heavy atom. The van der Waals surface area contributed by atoms with Gasteiger partial charge in [0.05, 0.1) is 11.8 Å². The van der Waals surface area contributed by atoms with E-state index < -0.39 is 0 Å². The number of hydrogen-bond acceptors (Lipinski definition) is 6. The molecule has 2 aromatic heterocycles. The summed E-state index contributed by atoms with van der Waals surface area (Å²) in [5.74, 6) is 6.83. The molecular weight excluding hydrogens is 354 g/mol. The Balaban J connectivity index is 1.60. The van der Waals surface area contributed by atoms with Crippen LogP contribution in [0.2, 0.25) is 0 Å². The molecule has 0 spiro atoms. The number of aryl methyl sites for hydroxylation is 1. The van der Waals surface area contributed by atoms with Gasteiger partial charge in [-0.3, -0.25) is 4.79 Å². The predicted octanol–water partition coefficient (Wildman–Crippen LogP) is 3.00. The molecule has 0 aliphatic carbocycles. The summed E-state index contributed by atoms with van der Waals surface area (Å²) < 4.78 is 1.42. The number of thioether (sulfide) groups is 1. The third-order valence-electron chi connectivity index (χ3n) is 3.65. The maximum atomic E-state index is 12.1. The van der Waals surface area contributed by atoms with Gasteiger partial charge in [-0.05, 0) is 25.3 Å². The molecule has 25 heavy (non-hydrogen) atoms. The van der Waals surface area contributed by atoms with Crippen molar-refractivity contribution in [2.75, 3.05) is 11.6 Å². The maximum Gasteiger partial charge on any atom is 0.230 e. The topological polar surface area (TPSA) is 85.8 Å². The predicted molar refractivity (Wildman–Crippen MR) is 102 cm³/mol. The van der Waals surface area contributed by atoms with E-state index in [2.05, 4.69) is 15.5 Å². The highest BCUT2D eigenvalue weighted by molar-refractivity contribution is 7.99. The third kappa shape index (κ3) is 4.21. The Morgan fingerprint density at radius 3 is 2.76 bits per heavy atom. The number of nitrogens with one attached hydrogen (secondary N) is 1. The van der Waals surface area contributed by atoms with Crippen molar-refractivity contribution in [2.24, 2.45) is 0 Å². The van der Waals surface area contributed by atoms with Crippen LogP contribution in [0.1, 0.15) is 23.4 Å². The minimum absolute atomic E-state index is 0.00744. The number of nitrogens with two attached hydrogens (primary N) is 1. The number of hydrogen-bond donors (Lipinski definition) is 2. The molecule has 0 fully saturated rings. The second-order valence-corrected chi connectivity index (χ2v) is 7.56. The number of amides is 1. The first-order valence-electron chi connectivity index (χ1n) is 7.77. The normalized spacial score (nSPS) is 12.1. The van der Waals surface area contributed by atoms with Gasteiger partial charge in [0.1, 0.15) is 0 Å². The summed E-state index contributed by atoms with van der Waals surface area (Å²) in [6.45, 7) is 3.99. The zero-order chi connectivity index (χ0) is 17.8. The van der Waals surface area contributed by atoms with Crippen molar-refractivity contribution in [3.63, 3.8) is 0 Å². The van der Waals surface area contributed by atoms with Crippen LogP contribution in [0.4, 0.5) is 0 Å². The van der Waals surface area contributed by atoms with Gasteiger partial charge in [-0.15, -0.1) is 21.5 Å². The molecule has 0 radical (unpaired) electrons. The van der Waals surface area contributed by atoms with Gasteiger partial charge in [-0.1, -0.05) is 47.7 Å². The van der Waals surface area contributed by atoms with Gasteiger partial charge in [0.2, 0.25) is 11.1 Å². The molecule has 0 aliphatic heterocycles. The fourth-order valence-corrected chi connectivity index (χ4v) is 3.70. The van der Waals surface area contributed by atoms with Gasteiger partial charge in [-0.25, -0.2) is 4.68 Å². The van der Waals surface area contributed by atoms with Gasteiger partial charge in [0.25, 0.3) is 0 Å². The maximum absolute atomic E-state index is 12.1. The molecule has 6 nitrogen and oxygen atoms in total. The van der Waals surface area contributed by atoms with Gasteiger partial charge in [0.15, 0.2) is 5.82 Å². The lowest BCUT2D eigenvalue weighted by atomic mass is 10.1. The minimum atomic E-state index is -0.0641. The summed E-state index contributed by atoms with van der Waals surface area (Å²) in [6.07, 6.45) is 0. The van der Waals surface area contributed by atoms with Gasteiger partial charge in [0, 0.05) is 10.4 Å². The summed E-state index contributed by atoms with van der Waals surface area (Å²) in [6, 6.07) is 11.9. The zero-order valence-electron chi connectivity index (χ0n) is 14.0. The SMILES string of the molecule is Cc1ccc(-c2nnc(SCC(=O)N[C@H](C)c3cccs3)n2N)cc1. The van der Waals surface area contributed by atoms with E-state index in [0.717, 1.165) is 16.0 Å². The number of aromatic nitrogens is 3. The van der Waals surface area contributed by atoms with Crippen molar-refractivity contribution in [3.05, 3.63) is 52.2 Å². The Labute approximate surface area is 154 Å². The summed E-state index contributed by atoms with van der Waals surface area (Å²) >= 11 is 2.89. The monoisotopic (exact) mass is 373 g/mol. The molecule has 1 amide bonds. The highest BCUT2D eigenvalue weighted by Gasteiger charge is 2.15. The van der Waals surface area contributed by atoms with E-state index in [1.54, 1.807) is 11.3 Å². The second kappa shape index (κ2) is 7.71. The van der Waals surface area contributed by atoms with E-state index in [9.17, 15) is 4.79 Å². The molecular formula is C17H19N5OS2. The summed E-state index contributed by atoms with van der Waals surface area (Å²) in [7, 11) is 0. The molecule has 1 atom stereocenters. The first-order chi connectivity index (χ1) is 12.0. The molecule has 0 saturated heterocycles. The molecule has 8 heteroatoms. The second-order valence-electron chi connectivity index (χ2n) is 5.64. The largest absolute Gasteiger partial charge is 0.348 e. The van der Waals surface area contributed by atoms with Crippen LogP contribution in [0.5, 0.6) is 0 Å². The first-order valence-corrected chi connectivity index (χ1v) is 9.64. The van der Waals surface area contributed by atoms with Crippen molar-refractivity contribution < 1.29 is 4.79 Å². The summed E-state index contributed by atoms with van der Waals surface area (Å²) in [4.78, 5) is 13.2. The van der Waals surface area contributed by atoms with Gasteiger partial charge in [-0.2, -0.15) is 0 Å². The summed E-state index contributed by atoms with van der Waals surface area (Å²) in [5.41, 5.74) is 2.06. The highest BCUT2D eigenvalue weighted by Crippen LogP contribution is 2.22. The molecule has 0 unspecified atom stereocenters. The Morgan fingerprint density at radius 1 is 1.32 bits per heavy atom. The molecule has 0 bridgehead atoms. The molecule has 3 aromatic rings. The van der Waals surface area contributed by atoms with Gasteiger partial charge < -0.3 is 11.2 Å². The zero-order valence-corrected chi connectivity index (χ0v) is 15.6. The average molecular weight is 374 g/mol. The number of nitrogen functional groups attached to an aromatic ring is 1. The smallest absolute Gasteiger partial charge is 0.230 e. The lowest BCUT2D eigenvalue weighted by Gasteiger charge is -2.11. The fourth-order valence-electron chi connectivity index (χ4n) is 2.30. The Hall–Kier alpha value is -2.32. The lowest BCUT2D eigenvalue weighted by Crippen LogP contribution is -2.28. The van der Waals surface area contributed by atoms with Crippen molar-refractivity contribution in [1.82, 2.24) is 20.2 Å². The van der Waals surface area contributed by atoms with Crippen LogP contribution < -0.4 is 11.2 Å². The van der Waals surface area contributed by atoms with Crippen molar-refractivity contribution in [1.29, 1.82) is 0 Å². The quantitative estimate of drug-likeness (QED) is 0.512. The van der Waals surface area contributed by atoms with Crippen LogP contribution >= 0.6 is 23.1 Å². The average Bonchev–Trinajstić information content (AvgIpc) is 3.24. The van der Waals surface area contributed by atoms with E-state index in [1.807, 2.05) is 55.6 Å². The highest BCUT2D eigenvalue weighted by atomic mass is 32.2. The Bertz CT molecular complexity index is 843. The van der Waals surface area contributed by atoms with Crippen LogP contribution in [0, 0.1) is 6.92 Å². The van der Waals surface area contributed by atoms with Crippen LogP contribution in [0.25, 0.3) is 11.4 Å². The number of benzene rings is 1. The molecule has 3 rings (SSSR count).